The number of imidazole rings is 1. The predicted octanol–water partition coefficient (Wildman–Crippen LogP) is 1.53. The average molecular weight is 309 g/mol. The maximum Gasteiger partial charge on any atom is 0.257 e. The molecular weight excluding hydrogens is 294 g/mol. The molecule has 3 aromatic rings. The summed E-state index contributed by atoms with van der Waals surface area (Å²) in [6.45, 7) is 1.78. The Balaban J connectivity index is 1.81. The zero-order valence-corrected chi connectivity index (χ0v) is 12.7. The number of anilines is 1. The third-order valence-electron chi connectivity index (χ3n) is 3.46. The third-order valence-corrected chi connectivity index (χ3v) is 3.46. The van der Waals surface area contributed by atoms with Crippen molar-refractivity contribution >= 4 is 11.6 Å². The SMILES string of the molecule is Cc1cc(=O)n(C)cc1NC(=O)c1ccc(-n2ccnc2)nc1. The lowest BCUT2D eigenvalue weighted by Gasteiger charge is -2.10. The lowest BCUT2D eigenvalue weighted by atomic mass is 10.2. The molecule has 0 atom stereocenters. The first-order valence-electron chi connectivity index (χ1n) is 6.97. The number of nitrogens with zero attached hydrogens (tertiary/aromatic N) is 4. The number of nitrogens with one attached hydrogen (secondary N) is 1. The zero-order chi connectivity index (χ0) is 16.4. The summed E-state index contributed by atoms with van der Waals surface area (Å²) < 4.78 is 3.17. The third kappa shape index (κ3) is 3.03. The largest absolute Gasteiger partial charge is 0.320 e. The highest BCUT2D eigenvalue weighted by atomic mass is 16.1. The van der Waals surface area contributed by atoms with E-state index in [4.69, 9.17) is 0 Å². The Morgan fingerprint density at radius 1 is 1.30 bits per heavy atom. The van der Waals surface area contributed by atoms with Gasteiger partial charge in [0.05, 0.1) is 11.3 Å². The van der Waals surface area contributed by atoms with Gasteiger partial charge in [0.15, 0.2) is 0 Å². The van der Waals surface area contributed by atoms with Gasteiger partial charge in [0.25, 0.3) is 11.5 Å². The number of aryl methyl sites for hydroxylation is 2. The van der Waals surface area contributed by atoms with Gasteiger partial charge < -0.3 is 9.88 Å². The van der Waals surface area contributed by atoms with Crippen LogP contribution in [-0.4, -0.2) is 25.0 Å². The summed E-state index contributed by atoms with van der Waals surface area (Å²) in [4.78, 5) is 32.0. The van der Waals surface area contributed by atoms with Gasteiger partial charge in [-0.15, -0.1) is 0 Å². The Kier molecular flexibility index (Phi) is 3.76. The van der Waals surface area contributed by atoms with Gasteiger partial charge >= 0.3 is 0 Å². The summed E-state index contributed by atoms with van der Waals surface area (Å²) in [5, 5.41) is 2.79. The Bertz CT molecular complexity index is 895. The van der Waals surface area contributed by atoms with Gasteiger partial charge in [-0.05, 0) is 24.6 Å². The van der Waals surface area contributed by atoms with E-state index in [0.717, 1.165) is 0 Å². The first-order valence-corrected chi connectivity index (χ1v) is 6.97. The molecule has 0 aromatic carbocycles. The molecule has 0 bridgehead atoms. The van der Waals surface area contributed by atoms with Gasteiger partial charge in [-0.3, -0.25) is 14.2 Å². The Labute approximate surface area is 132 Å². The second-order valence-corrected chi connectivity index (χ2v) is 5.15. The molecule has 0 radical (unpaired) electrons. The monoisotopic (exact) mass is 309 g/mol. The van der Waals surface area contributed by atoms with Crippen LogP contribution in [0.25, 0.3) is 5.82 Å². The minimum Gasteiger partial charge on any atom is -0.320 e. The predicted molar refractivity (Wildman–Crippen MR) is 85.7 cm³/mol. The molecule has 7 nitrogen and oxygen atoms in total. The van der Waals surface area contributed by atoms with Crippen LogP contribution in [0, 0.1) is 6.92 Å². The summed E-state index contributed by atoms with van der Waals surface area (Å²) in [7, 11) is 1.64. The number of hydrogen-bond donors (Lipinski definition) is 1. The molecule has 23 heavy (non-hydrogen) atoms. The Morgan fingerprint density at radius 2 is 2.13 bits per heavy atom. The van der Waals surface area contributed by atoms with Crippen LogP contribution < -0.4 is 10.9 Å². The molecule has 7 heteroatoms. The van der Waals surface area contributed by atoms with Crippen molar-refractivity contribution in [2.24, 2.45) is 7.05 Å². The number of aromatic nitrogens is 4. The van der Waals surface area contributed by atoms with Crippen molar-refractivity contribution in [3.05, 3.63) is 70.8 Å². The van der Waals surface area contributed by atoms with E-state index in [-0.39, 0.29) is 11.5 Å². The normalized spacial score (nSPS) is 10.5. The van der Waals surface area contributed by atoms with Crippen molar-refractivity contribution in [3.8, 4) is 5.82 Å². The van der Waals surface area contributed by atoms with E-state index in [1.165, 1.54) is 16.8 Å². The van der Waals surface area contributed by atoms with Crippen LogP contribution in [-0.2, 0) is 7.05 Å². The number of hydrogen-bond acceptors (Lipinski definition) is 4. The quantitative estimate of drug-likeness (QED) is 0.795. The molecule has 1 amide bonds. The fourth-order valence-corrected chi connectivity index (χ4v) is 2.12. The van der Waals surface area contributed by atoms with E-state index < -0.39 is 0 Å². The number of carbonyl (C=O) groups excluding carboxylic acids is 1. The summed E-state index contributed by atoms with van der Waals surface area (Å²) >= 11 is 0. The molecule has 0 aliphatic rings. The number of pyridine rings is 2. The van der Waals surface area contributed by atoms with Crippen LogP contribution in [0.3, 0.4) is 0 Å². The summed E-state index contributed by atoms with van der Waals surface area (Å²) in [5.74, 6) is 0.397. The fourth-order valence-electron chi connectivity index (χ4n) is 2.12. The average Bonchev–Trinajstić information content (AvgIpc) is 3.07. The van der Waals surface area contributed by atoms with Crippen LogP contribution in [0.5, 0.6) is 0 Å². The molecule has 0 saturated carbocycles. The van der Waals surface area contributed by atoms with Gasteiger partial charge in [0.1, 0.15) is 12.1 Å². The van der Waals surface area contributed by atoms with Crippen LogP contribution in [0.2, 0.25) is 0 Å². The Morgan fingerprint density at radius 3 is 2.78 bits per heavy atom. The van der Waals surface area contributed by atoms with Crippen molar-refractivity contribution in [1.82, 2.24) is 19.1 Å². The van der Waals surface area contributed by atoms with Crippen LogP contribution >= 0.6 is 0 Å². The molecular formula is C16H15N5O2. The van der Waals surface area contributed by atoms with Crippen molar-refractivity contribution in [2.45, 2.75) is 6.92 Å². The first-order chi connectivity index (χ1) is 11.0. The smallest absolute Gasteiger partial charge is 0.257 e. The standard InChI is InChI=1S/C16H15N5O2/c1-11-7-15(22)20(2)9-13(11)19-16(23)12-3-4-14(18-8-12)21-6-5-17-10-21/h3-10H,1-2H3,(H,19,23). The zero-order valence-electron chi connectivity index (χ0n) is 12.7. The topological polar surface area (TPSA) is 81.8 Å². The number of carbonyl (C=O) groups is 1. The van der Waals surface area contributed by atoms with Crippen molar-refractivity contribution < 1.29 is 4.79 Å². The molecule has 116 valence electrons. The lowest BCUT2D eigenvalue weighted by Crippen LogP contribution is -2.19. The summed E-state index contributed by atoms with van der Waals surface area (Å²) in [6.07, 6.45) is 8.17. The molecule has 0 fully saturated rings. The van der Waals surface area contributed by atoms with Crippen molar-refractivity contribution in [3.63, 3.8) is 0 Å². The van der Waals surface area contributed by atoms with E-state index >= 15 is 0 Å². The molecule has 0 aliphatic carbocycles. The summed E-state index contributed by atoms with van der Waals surface area (Å²) in [5.41, 5.74) is 1.62. The second kappa shape index (κ2) is 5.88. The van der Waals surface area contributed by atoms with Gasteiger partial charge in [-0.2, -0.15) is 0 Å². The number of rotatable bonds is 3. The highest BCUT2D eigenvalue weighted by Gasteiger charge is 2.10. The van der Waals surface area contributed by atoms with Gasteiger partial charge in [-0.1, -0.05) is 0 Å². The molecule has 0 saturated heterocycles. The van der Waals surface area contributed by atoms with E-state index in [9.17, 15) is 9.59 Å². The lowest BCUT2D eigenvalue weighted by molar-refractivity contribution is 0.102. The molecule has 3 rings (SSSR count). The maximum atomic E-state index is 12.3. The number of amides is 1. The summed E-state index contributed by atoms with van der Waals surface area (Å²) in [6, 6.07) is 4.91. The Hall–Kier alpha value is -3.22. The van der Waals surface area contributed by atoms with Crippen LogP contribution in [0.4, 0.5) is 5.69 Å². The van der Waals surface area contributed by atoms with Crippen molar-refractivity contribution in [1.29, 1.82) is 0 Å². The minimum atomic E-state index is -0.281. The first kappa shape index (κ1) is 14.7. The van der Waals surface area contributed by atoms with Crippen molar-refractivity contribution in [2.75, 3.05) is 5.32 Å². The molecule has 0 unspecified atom stereocenters. The van der Waals surface area contributed by atoms with E-state index in [1.54, 1.807) is 55.6 Å². The van der Waals surface area contributed by atoms with Gasteiger partial charge in [-0.25, -0.2) is 9.97 Å². The molecule has 3 heterocycles. The second-order valence-electron chi connectivity index (χ2n) is 5.15. The van der Waals surface area contributed by atoms with E-state index in [2.05, 4.69) is 15.3 Å². The van der Waals surface area contributed by atoms with Crippen LogP contribution in [0.1, 0.15) is 15.9 Å². The van der Waals surface area contributed by atoms with Gasteiger partial charge in [0.2, 0.25) is 0 Å². The van der Waals surface area contributed by atoms with Gasteiger partial charge in [0, 0.05) is 37.9 Å². The minimum absolute atomic E-state index is 0.119. The highest BCUT2D eigenvalue weighted by molar-refractivity contribution is 6.04. The van der Waals surface area contributed by atoms with Crippen LogP contribution in [0.15, 0.2) is 54.1 Å². The molecule has 0 spiro atoms. The molecule has 0 aliphatic heterocycles. The maximum absolute atomic E-state index is 12.3. The highest BCUT2D eigenvalue weighted by Crippen LogP contribution is 2.13. The molecule has 3 aromatic heterocycles. The van der Waals surface area contributed by atoms with E-state index in [1.807, 2.05) is 0 Å². The fraction of sp³-hybridized carbons (Fsp3) is 0.125. The van der Waals surface area contributed by atoms with E-state index in [0.29, 0.717) is 22.6 Å². The molecule has 1 N–H and O–H groups in total.